The predicted octanol–water partition coefficient (Wildman–Crippen LogP) is 9.70. The third kappa shape index (κ3) is 8.01. The van der Waals surface area contributed by atoms with Gasteiger partial charge in [-0.2, -0.15) is 0 Å². The number of hydrogen-bond donors (Lipinski definition) is 1. The smallest absolute Gasteiger partial charge is 0.461 e. The molecule has 12 heteroatoms. The SMILES string of the molecule is COc1c(C[C@H](CC(=O)/C(=N\OC(c2ccccc2)(c2ccccc2)c2ccccc2)c2csc(N)n2)B2OC3C[C@@H]4C[C@@H](C4(C)C)[C@]3(C)O2)cccc1C(=O)OC(C)(C)C. The van der Waals surface area contributed by atoms with E-state index in [1.807, 2.05) is 118 Å². The Hall–Kier alpha value is -5.30. The van der Waals surface area contributed by atoms with Crippen LogP contribution in [0.5, 0.6) is 5.75 Å². The Bertz CT molecular complexity index is 2300. The minimum atomic E-state index is -1.25. The molecule has 1 aliphatic heterocycles. The lowest BCUT2D eigenvalue weighted by atomic mass is 9.43. The van der Waals surface area contributed by atoms with Gasteiger partial charge in [-0.05, 0) is 75.8 Å². The van der Waals surface area contributed by atoms with E-state index in [4.69, 9.17) is 34.5 Å². The summed E-state index contributed by atoms with van der Waals surface area (Å²) in [6.45, 7) is 12.3. The summed E-state index contributed by atoms with van der Waals surface area (Å²) in [5.41, 5.74) is 7.62. The molecule has 4 aromatic carbocycles. The van der Waals surface area contributed by atoms with Crippen LogP contribution in [0.4, 0.5) is 5.13 Å². The maximum absolute atomic E-state index is 15.2. The zero-order chi connectivity index (χ0) is 43.2. The van der Waals surface area contributed by atoms with Crippen LogP contribution in [0.2, 0.25) is 5.82 Å². The number of Topliss-reactive ketones (excluding diaryl/α,β-unsaturated/α-hetero) is 1. The third-order valence-electron chi connectivity index (χ3n) is 13.0. The van der Waals surface area contributed by atoms with Crippen molar-refractivity contribution in [2.24, 2.45) is 22.4 Å². The van der Waals surface area contributed by atoms with Crippen molar-refractivity contribution >= 4 is 41.1 Å². The molecule has 1 unspecified atom stereocenters. The second-order valence-corrected chi connectivity index (χ2v) is 19.2. The highest BCUT2D eigenvalue weighted by atomic mass is 32.1. The fraction of sp³-hybridized carbons (Fsp3) is 0.388. The minimum absolute atomic E-state index is 0.0182. The second kappa shape index (κ2) is 16.5. The standard InChI is InChI=1S/C49H54BN3O7S/c1-46(2,3)57-44(55)37-25-17-18-31(43(37)56-7)26-36(50-58-41-28-35-27-40(47(35,4)5)48(41,6)59-50)29-39(54)42(38-30-61-45(51)52-38)53-60-49(32-19-11-8-12-20-32,33-21-13-9-14-22-33)34-23-15-10-16-24-34/h8-25,30,35-36,40-41H,26-29H2,1-7H3,(H2,51,52)/b53-42-/t35-,36+,40-,41?,48-/m0/s1. The van der Waals surface area contributed by atoms with Crippen molar-refractivity contribution in [2.45, 2.75) is 96.0 Å². The Balaban J connectivity index is 1.21. The normalized spacial score (nSPS) is 22.4. The first-order valence-corrected chi connectivity index (χ1v) is 21.9. The zero-order valence-electron chi connectivity index (χ0n) is 35.9. The van der Waals surface area contributed by atoms with Gasteiger partial charge in [0.15, 0.2) is 16.6 Å². The maximum atomic E-state index is 15.2. The van der Waals surface area contributed by atoms with Gasteiger partial charge in [-0.1, -0.05) is 122 Å². The van der Waals surface area contributed by atoms with E-state index in [-0.39, 0.29) is 41.0 Å². The Morgan fingerprint density at radius 3 is 2.03 bits per heavy atom. The Morgan fingerprint density at radius 2 is 1.51 bits per heavy atom. The number of benzene rings is 4. The number of ether oxygens (including phenoxy) is 2. The molecule has 61 heavy (non-hydrogen) atoms. The number of anilines is 1. The highest BCUT2D eigenvalue weighted by Crippen LogP contribution is 2.66. The van der Waals surface area contributed by atoms with E-state index in [2.05, 4.69) is 25.8 Å². The lowest BCUT2D eigenvalue weighted by molar-refractivity contribution is -0.199. The first-order valence-electron chi connectivity index (χ1n) is 21.0. The van der Waals surface area contributed by atoms with Gasteiger partial charge in [0.25, 0.3) is 0 Å². The van der Waals surface area contributed by atoms with Crippen LogP contribution < -0.4 is 10.5 Å². The number of nitrogen functional groups attached to an aromatic ring is 1. The summed E-state index contributed by atoms with van der Waals surface area (Å²) in [4.78, 5) is 40.1. The number of methoxy groups -OCH3 is 1. The first-order chi connectivity index (χ1) is 29.1. The lowest BCUT2D eigenvalue weighted by Crippen LogP contribution is -2.65. The summed E-state index contributed by atoms with van der Waals surface area (Å²) in [5.74, 6) is -0.158. The number of nitrogens with zero attached hydrogens (tertiary/aromatic N) is 2. The summed E-state index contributed by atoms with van der Waals surface area (Å²) >= 11 is 1.22. The van der Waals surface area contributed by atoms with Gasteiger partial charge >= 0.3 is 13.1 Å². The van der Waals surface area contributed by atoms with Crippen LogP contribution in [0.3, 0.4) is 0 Å². The summed E-state index contributed by atoms with van der Waals surface area (Å²) in [5, 5.41) is 6.82. The molecule has 3 saturated carbocycles. The number of nitrogens with two attached hydrogens (primary N) is 1. The molecule has 5 aromatic rings. The van der Waals surface area contributed by atoms with Gasteiger partial charge in [0.2, 0.25) is 5.60 Å². The van der Waals surface area contributed by atoms with Crippen molar-refractivity contribution < 1.29 is 33.2 Å². The van der Waals surface area contributed by atoms with E-state index >= 15 is 4.79 Å². The molecule has 2 heterocycles. The van der Waals surface area contributed by atoms with Crippen LogP contribution in [0.25, 0.3) is 0 Å². The maximum Gasteiger partial charge on any atom is 0.461 e. The fourth-order valence-corrected chi connectivity index (χ4v) is 10.4. The Morgan fingerprint density at radius 1 is 0.902 bits per heavy atom. The van der Waals surface area contributed by atoms with Crippen molar-refractivity contribution in [1.82, 2.24) is 4.98 Å². The molecule has 4 fully saturated rings. The second-order valence-electron chi connectivity index (χ2n) is 18.3. The molecular weight excluding hydrogens is 785 g/mol. The van der Waals surface area contributed by atoms with Crippen molar-refractivity contribution in [1.29, 1.82) is 0 Å². The monoisotopic (exact) mass is 839 g/mol. The molecule has 2 bridgehead atoms. The van der Waals surface area contributed by atoms with Gasteiger partial charge in [-0.3, -0.25) is 4.79 Å². The number of ketones is 1. The average molecular weight is 840 g/mol. The van der Waals surface area contributed by atoms with E-state index in [9.17, 15) is 4.79 Å². The van der Waals surface area contributed by atoms with Gasteiger partial charge in [-0.15, -0.1) is 11.3 Å². The molecule has 10 nitrogen and oxygen atoms in total. The Labute approximate surface area is 363 Å². The highest BCUT2D eigenvalue weighted by molar-refractivity contribution is 7.13. The number of thiazole rings is 1. The molecule has 316 valence electrons. The summed E-state index contributed by atoms with van der Waals surface area (Å²) in [6.07, 6.45) is 2.07. The zero-order valence-corrected chi connectivity index (χ0v) is 36.7. The number of oxime groups is 1. The summed E-state index contributed by atoms with van der Waals surface area (Å²) < 4.78 is 25.6. The van der Waals surface area contributed by atoms with Gasteiger partial charge in [0, 0.05) is 34.3 Å². The van der Waals surface area contributed by atoms with Crippen molar-refractivity contribution in [3.8, 4) is 5.75 Å². The number of hydrogen-bond acceptors (Lipinski definition) is 11. The molecule has 3 aliphatic carbocycles. The number of carbonyl (C=O) groups excluding carboxylic acids is 2. The van der Waals surface area contributed by atoms with Crippen molar-refractivity contribution in [3.63, 3.8) is 0 Å². The molecular formula is C49H54BN3O7S. The topological polar surface area (TPSA) is 132 Å². The number of aromatic nitrogens is 1. The van der Waals surface area contributed by atoms with Gasteiger partial charge in [0.05, 0.1) is 18.8 Å². The third-order valence-corrected chi connectivity index (χ3v) is 13.7. The summed E-state index contributed by atoms with van der Waals surface area (Å²) in [7, 11) is 0.789. The van der Waals surface area contributed by atoms with E-state index < -0.39 is 35.7 Å². The minimum Gasteiger partial charge on any atom is -0.496 e. The molecule has 0 spiro atoms. The number of para-hydroxylation sites is 1. The molecule has 1 aromatic heterocycles. The van der Waals surface area contributed by atoms with Crippen LogP contribution in [0.15, 0.2) is 120 Å². The van der Waals surface area contributed by atoms with E-state index in [0.29, 0.717) is 34.4 Å². The predicted molar refractivity (Wildman–Crippen MR) is 239 cm³/mol. The van der Waals surface area contributed by atoms with Crippen molar-refractivity contribution in [2.75, 3.05) is 12.8 Å². The lowest BCUT2D eigenvalue weighted by Gasteiger charge is -2.64. The van der Waals surface area contributed by atoms with Crippen LogP contribution in [0.1, 0.15) is 99.1 Å². The average Bonchev–Trinajstić information content (AvgIpc) is 3.84. The summed E-state index contributed by atoms with van der Waals surface area (Å²) in [6, 6.07) is 34.9. The largest absolute Gasteiger partial charge is 0.496 e. The fourth-order valence-electron chi connectivity index (χ4n) is 9.89. The molecule has 0 radical (unpaired) electrons. The quantitative estimate of drug-likeness (QED) is 0.0382. The van der Waals surface area contributed by atoms with Crippen LogP contribution in [-0.4, -0.2) is 54.0 Å². The molecule has 1 saturated heterocycles. The van der Waals surface area contributed by atoms with E-state index in [1.165, 1.54) is 18.4 Å². The number of rotatable bonds is 14. The van der Waals surface area contributed by atoms with Crippen LogP contribution >= 0.6 is 11.3 Å². The Kier molecular flexibility index (Phi) is 11.5. The molecule has 2 N–H and O–H groups in total. The molecule has 5 atom stereocenters. The van der Waals surface area contributed by atoms with E-state index in [1.54, 1.807) is 17.5 Å². The van der Waals surface area contributed by atoms with Gasteiger partial charge < -0.3 is 29.4 Å². The molecule has 9 rings (SSSR count). The van der Waals surface area contributed by atoms with Gasteiger partial charge in [0.1, 0.15) is 22.6 Å². The van der Waals surface area contributed by atoms with Crippen LogP contribution in [0, 0.1) is 17.3 Å². The van der Waals surface area contributed by atoms with Gasteiger partial charge in [-0.25, -0.2) is 9.78 Å². The molecule has 4 aliphatic rings. The number of esters is 1. The van der Waals surface area contributed by atoms with Crippen molar-refractivity contribution in [3.05, 3.63) is 148 Å². The number of carbonyl (C=O) groups is 2. The van der Waals surface area contributed by atoms with Crippen LogP contribution in [-0.2, 0) is 35.7 Å². The van der Waals surface area contributed by atoms with E-state index in [0.717, 1.165) is 29.5 Å². The first kappa shape index (κ1) is 42.4. The highest BCUT2D eigenvalue weighted by Gasteiger charge is 2.68. The molecule has 0 amide bonds.